The summed E-state index contributed by atoms with van der Waals surface area (Å²) in [6, 6.07) is 7.28. The normalized spacial score (nSPS) is 19.8. The third-order valence-corrected chi connectivity index (χ3v) is 4.32. The second-order valence-corrected chi connectivity index (χ2v) is 6.26. The van der Waals surface area contributed by atoms with Gasteiger partial charge >= 0.3 is 5.97 Å². The monoisotopic (exact) mass is 349 g/mol. The number of amides is 1. The molecule has 0 aromatic heterocycles. The van der Waals surface area contributed by atoms with Crippen molar-refractivity contribution in [3.8, 4) is 11.5 Å². The molecule has 1 aliphatic rings. The van der Waals surface area contributed by atoms with Crippen LogP contribution < -0.4 is 14.8 Å². The van der Waals surface area contributed by atoms with Crippen LogP contribution in [0.25, 0.3) is 0 Å². The number of nitrogens with one attached hydrogen (secondary N) is 1. The van der Waals surface area contributed by atoms with Crippen LogP contribution in [-0.4, -0.2) is 37.7 Å². The Balaban J connectivity index is 1.71. The van der Waals surface area contributed by atoms with Crippen molar-refractivity contribution < 1.29 is 23.8 Å². The number of benzene rings is 1. The maximum absolute atomic E-state index is 11.9. The summed E-state index contributed by atoms with van der Waals surface area (Å²) in [6.07, 6.45) is 4.45. The molecule has 1 aromatic carbocycles. The minimum absolute atomic E-state index is 0.175. The van der Waals surface area contributed by atoms with Gasteiger partial charge in [-0.2, -0.15) is 0 Å². The molecule has 1 aromatic rings. The van der Waals surface area contributed by atoms with E-state index in [1.165, 1.54) is 6.42 Å². The molecular weight excluding hydrogens is 322 g/mol. The van der Waals surface area contributed by atoms with Gasteiger partial charge in [0.2, 0.25) is 0 Å². The number of carbonyl (C=O) groups excluding carboxylic acids is 2. The van der Waals surface area contributed by atoms with Crippen molar-refractivity contribution in [2.24, 2.45) is 5.92 Å². The predicted molar refractivity (Wildman–Crippen MR) is 93.6 cm³/mol. The Labute approximate surface area is 148 Å². The van der Waals surface area contributed by atoms with Crippen LogP contribution in [-0.2, 0) is 14.3 Å². The fraction of sp³-hybridized carbons (Fsp3) is 0.579. The smallest absolute Gasteiger partial charge is 0.344 e. The molecular formula is C19H27NO5. The van der Waals surface area contributed by atoms with Crippen LogP contribution >= 0.6 is 0 Å². The summed E-state index contributed by atoms with van der Waals surface area (Å²) in [5.74, 6) is 0.662. The molecule has 1 amide bonds. The van der Waals surface area contributed by atoms with Crippen molar-refractivity contribution in [2.75, 3.05) is 19.8 Å². The van der Waals surface area contributed by atoms with Crippen LogP contribution in [0.4, 0.5) is 0 Å². The van der Waals surface area contributed by atoms with Gasteiger partial charge in [0.1, 0.15) is 0 Å². The Kier molecular flexibility index (Phi) is 7.57. The van der Waals surface area contributed by atoms with Gasteiger partial charge < -0.3 is 19.5 Å². The molecule has 6 nitrogen and oxygen atoms in total. The minimum atomic E-state index is -0.585. The summed E-state index contributed by atoms with van der Waals surface area (Å²) in [5.41, 5.74) is 0. The van der Waals surface area contributed by atoms with Crippen LogP contribution in [0.15, 0.2) is 24.3 Å². The zero-order chi connectivity index (χ0) is 18.1. The summed E-state index contributed by atoms with van der Waals surface area (Å²) in [5, 5.41) is 2.95. The first-order valence-electron chi connectivity index (χ1n) is 8.89. The molecule has 2 atom stereocenters. The van der Waals surface area contributed by atoms with E-state index in [4.69, 9.17) is 14.2 Å². The average Bonchev–Trinajstić information content (AvgIpc) is 2.61. The van der Waals surface area contributed by atoms with Crippen LogP contribution in [0.5, 0.6) is 11.5 Å². The lowest BCUT2D eigenvalue weighted by Crippen LogP contribution is -2.43. The largest absolute Gasteiger partial charge is 0.490 e. The maximum atomic E-state index is 11.9. The zero-order valence-electron chi connectivity index (χ0n) is 15.0. The van der Waals surface area contributed by atoms with Gasteiger partial charge in [-0.15, -0.1) is 0 Å². The van der Waals surface area contributed by atoms with E-state index in [1.54, 1.807) is 18.2 Å². The van der Waals surface area contributed by atoms with E-state index >= 15 is 0 Å². The first-order chi connectivity index (χ1) is 12.1. The molecule has 1 saturated carbocycles. The van der Waals surface area contributed by atoms with Crippen LogP contribution in [0.2, 0.25) is 0 Å². The lowest BCUT2D eigenvalue weighted by Gasteiger charge is -2.29. The number of para-hydroxylation sites is 2. The van der Waals surface area contributed by atoms with Crippen molar-refractivity contribution in [1.29, 1.82) is 0 Å². The van der Waals surface area contributed by atoms with E-state index in [2.05, 4.69) is 12.2 Å². The van der Waals surface area contributed by atoms with E-state index in [9.17, 15) is 9.59 Å². The maximum Gasteiger partial charge on any atom is 0.344 e. The molecule has 2 rings (SSSR count). The summed E-state index contributed by atoms with van der Waals surface area (Å²) in [7, 11) is 0. The lowest BCUT2D eigenvalue weighted by molar-refractivity contribution is -0.150. The third kappa shape index (κ3) is 6.29. The Morgan fingerprint density at radius 2 is 1.76 bits per heavy atom. The van der Waals surface area contributed by atoms with Gasteiger partial charge in [-0.1, -0.05) is 31.9 Å². The number of ether oxygens (including phenoxy) is 3. The molecule has 0 unspecified atom stereocenters. The third-order valence-electron chi connectivity index (χ3n) is 4.32. The summed E-state index contributed by atoms with van der Waals surface area (Å²) >= 11 is 0. The second kappa shape index (κ2) is 9.91. The Morgan fingerprint density at radius 1 is 1.08 bits per heavy atom. The summed E-state index contributed by atoms with van der Waals surface area (Å²) in [6.45, 7) is 3.97. The fourth-order valence-corrected chi connectivity index (χ4v) is 2.95. The molecule has 138 valence electrons. The molecule has 0 bridgehead atoms. The molecule has 6 heteroatoms. The minimum Gasteiger partial charge on any atom is -0.490 e. The summed E-state index contributed by atoms with van der Waals surface area (Å²) in [4.78, 5) is 23.7. The molecule has 0 heterocycles. The molecule has 1 aliphatic carbocycles. The van der Waals surface area contributed by atoms with Crippen molar-refractivity contribution in [3.63, 3.8) is 0 Å². The average molecular weight is 349 g/mol. The molecule has 1 N–H and O–H groups in total. The van der Waals surface area contributed by atoms with Gasteiger partial charge in [-0.05, 0) is 37.8 Å². The van der Waals surface area contributed by atoms with Crippen molar-refractivity contribution in [1.82, 2.24) is 5.32 Å². The fourth-order valence-electron chi connectivity index (χ4n) is 2.95. The van der Waals surface area contributed by atoms with E-state index < -0.39 is 5.97 Å². The Morgan fingerprint density at radius 3 is 2.44 bits per heavy atom. The number of hydrogen-bond acceptors (Lipinski definition) is 5. The second-order valence-electron chi connectivity index (χ2n) is 6.26. The predicted octanol–water partition coefficient (Wildman–Crippen LogP) is 2.70. The molecule has 0 spiro atoms. The van der Waals surface area contributed by atoms with E-state index in [-0.39, 0.29) is 25.2 Å². The van der Waals surface area contributed by atoms with E-state index in [0.29, 0.717) is 24.0 Å². The molecule has 1 fully saturated rings. The lowest BCUT2D eigenvalue weighted by atomic mass is 9.86. The number of esters is 1. The Bertz CT molecular complexity index is 575. The highest BCUT2D eigenvalue weighted by Crippen LogP contribution is 2.26. The van der Waals surface area contributed by atoms with E-state index in [0.717, 1.165) is 19.3 Å². The first-order valence-corrected chi connectivity index (χ1v) is 8.89. The summed E-state index contributed by atoms with van der Waals surface area (Å²) < 4.78 is 15.8. The van der Waals surface area contributed by atoms with Crippen LogP contribution in [0.1, 0.15) is 39.5 Å². The number of rotatable bonds is 8. The molecule has 0 radical (unpaired) electrons. The van der Waals surface area contributed by atoms with Gasteiger partial charge in [0.15, 0.2) is 24.7 Å². The highest BCUT2D eigenvalue weighted by atomic mass is 16.6. The van der Waals surface area contributed by atoms with Crippen LogP contribution in [0, 0.1) is 5.92 Å². The van der Waals surface area contributed by atoms with Crippen LogP contribution in [0.3, 0.4) is 0 Å². The van der Waals surface area contributed by atoms with Gasteiger partial charge in [-0.3, -0.25) is 4.79 Å². The molecule has 0 saturated heterocycles. The highest BCUT2D eigenvalue weighted by molar-refractivity contribution is 5.81. The zero-order valence-corrected chi connectivity index (χ0v) is 15.0. The van der Waals surface area contributed by atoms with Crippen molar-refractivity contribution in [3.05, 3.63) is 24.3 Å². The Hall–Kier alpha value is -2.24. The van der Waals surface area contributed by atoms with Crippen molar-refractivity contribution in [2.45, 2.75) is 45.6 Å². The van der Waals surface area contributed by atoms with Gasteiger partial charge in [0, 0.05) is 6.04 Å². The number of hydrogen-bond donors (Lipinski definition) is 1. The molecule has 25 heavy (non-hydrogen) atoms. The van der Waals surface area contributed by atoms with Crippen molar-refractivity contribution >= 4 is 11.9 Å². The standard InChI is InChI=1S/C19H27NO5/c1-3-23-16-10-6-7-11-17(16)24-13-19(22)25-12-18(21)20-15-9-5-4-8-14(15)2/h6-7,10-11,14-15H,3-5,8-9,12-13H2,1-2H3,(H,20,21)/t14-,15+/m0/s1. The topological polar surface area (TPSA) is 73.9 Å². The van der Waals surface area contributed by atoms with Gasteiger partial charge in [-0.25, -0.2) is 4.79 Å². The SMILES string of the molecule is CCOc1ccccc1OCC(=O)OCC(=O)N[C@@H]1CCCC[C@@H]1C. The van der Waals surface area contributed by atoms with Gasteiger partial charge in [0.05, 0.1) is 6.61 Å². The van der Waals surface area contributed by atoms with Gasteiger partial charge in [0.25, 0.3) is 5.91 Å². The quantitative estimate of drug-likeness (QED) is 0.731. The number of carbonyl (C=O) groups is 2. The molecule has 0 aliphatic heterocycles. The highest BCUT2D eigenvalue weighted by Gasteiger charge is 2.23. The first kappa shape index (κ1) is 19.1. The van der Waals surface area contributed by atoms with E-state index in [1.807, 2.05) is 13.0 Å².